The summed E-state index contributed by atoms with van der Waals surface area (Å²) in [5.74, 6) is 0.441. The number of hydrogen-bond acceptors (Lipinski definition) is 4. The minimum Gasteiger partial charge on any atom is -0.489 e. The van der Waals surface area contributed by atoms with E-state index in [0.717, 1.165) is 5.56 Å². The first kappa shape index (κ1) is 26.0. The minimum atomic E-state index is -0.251. The molecule has 1 heterocycles. The zero-order chi connectivity index (χ0) is 19.9. The first-order valence-electron chi connectivity index (χ1n) is 8.68. The van der Waals surface area contributed by atoms with Crippen LogP contribution in [0.15, 0.2) is 66.9 Å². The van der Waals surface area contributed by atoms with Crippen LogP contribution in [0.1, 0.15) is 15.9 Å². The summed E-state index contributed by atoms with van der Waals surface area (Å²) in [7, 11) is 0. The average molecular weight is 489 g/mol. The summed E-state index contributed by atoms with van der Waals surface area (Å²) in [6.45, 7) is 1.10. The van der Waals surface area contributed by atoms with Gasteiger partial charge in [0.15, 0.2) is 0 Å². The SMILES string of the molecule is Cl.Cl.NCCN(C(=O)c1cccnc1Cl)c1ccc(OCc2ccc(Cl)cc2)cc1. The van der Waals surface area contributed by atoms with E-state index in [1.807, 2.05) is 48.5 Å². The first-order chi connectivity index (χ1) is 13.6. The third kappa shape index (κ3) is 6.76. The highest BCUT2D eigenvalue weighted by Crippen LogP contribution is 2.23. The lowest BCUT2D eigenvalue weighted by Crippen LogP contribution is -2.35. The van der Waals surface area contributed by atoms with Crippen LogP contribution in [-0.2, 0) is 6.61 Å². The van der Waals surface area contributed by atoms with Gasteiger partial charge in [-0.05, 0) is 54.1 Å². The van der Waals surface area contributed by atoms with E-state index in [4.69, 9.17) is 33.7 Å². The Morgan fingerprint density at radius 3 is 2.27 bits per heavy atom. The molecule has 0 radical (unpaired) electrons. The molecule has 3 aromatic rings. The fourth-order valence-corrected chi connectivity index (χ4v) is 2.96. The van der Waals surface area contributed by atoms with Crippen LogP contribution in [0.2, 0.25) is 10.2 Å². The smallest absolute Gasteiger partial charge is 0.261 e. The molecule has 0 unspecified atom stereocenters. The zero-order valence-electron chi connectivity index (χ0n) is 15.8. The number of anilines is 1. The summed E-state index contributed by atoms with van der Waals surface area (Å²) in [6.07, 6.45) is 1.54. The number of benzene rings is 2. The van der Waals surface area contributed by atoms with Gasteiger partial charge >= 0.3 is 0 Å². The largest absolute Gasteiger partial charge is 0.489 e. The molecule has 0 saturated heterocycles. The first-order valence-corrected chi connectivity index (χ1v) is 9.44. The van der Waals surface area contributed by atoms with Crippen LogP contribution in [0, 0.1) is 0 Å². The second-order valence-corrected chi connectivity index (χ2v) is 6.79. The van der Waals surface area contributed by atoms with Crippen molar-refractivity contribution in [2.24, 2.45) is 5.73 Å². The Morgan fingerprint density at radius 1 is 1.00 bits per heavy atom. The lowest BCUT2D eigenvalue weighted by Gasteiger charge is -2.23. The summed E-state index contributed by atoms with van der Waals surface area (Å²) in [6, 6.07) is 18.0. The van der Waals surface area contributed by atoms with Crippen LogP contribution in [0.25, 0.3) is 0 Å². The van der Waals surface area contributed by atoms with Crippen LogP contribution in [0.4, 0.5) is 5.69 Å². The molecule has 160 valence electrons. The zero-order valence-corrected chi connectivity index (χ0v) is 19.0. The average Bonchev–Trinajstić information content (AvgIpc) is 2.72. The van der Waals surface area contributed by atoms with Crippen molar-refractivity contribution in [1.29, 1.82) is 0 Å². The van der Waals surface area contributed by atoms with Crippen LogP contribution in [0.3, 0.4) is 0 Å². The lowest BCUT2D eigenvalue weighted by molar-refractivity contribution is 0.0987. The number of nitrogens with zero attached hydrogens (tertiary/aromatic N) is 2. The number of carbonyl (C=O) groups is 1. The summed E-state index contributed by atoms with van der Waals surface area (Å²) in [4.78, 5) is 18.4. The quantitative estimate of drug-likeness (QED) is 0.451. The lowest BCUT2D eigenvalue weighted by atomic mass is 10.2. The normalized spacial score (nSPS) is 9.83. The van der Waals surface area contributed by atoms with Gasteiger partial charge in [0.1, 0.15) is 17.5 Å². The predicted octanol–water partition coefficient (Wildman–Crippen LogP) is 5.42. The molecule has 0 aliphatic carbocycles. The van der Waals surface area contributed by atoms with Gasteiger partial charge in [0, 0.05) is 30.0 Å². The Morgan fingerprint density at radius 2 is 1.67 bits per heavy atom. The summed E-state index contributed by atoms with van der Waals surface area (Å²) >= 11 is 12.0. The highest BCUT2D eigenvalue weighted by molar-refractivity contribution is 6.33. The van der Waals surface area contributed by atoms with Crippen molar-refractivity contribution in [3.05, 3.63) is 88.2 Å². The number of rotatable bonds is 7. The van der Waals surface area contributed by atoms with Gasteiger partial charge in [-0.3, -0.25) is 4.79 Å². The van der Waals surface area contributed by atoms with E-state index < -0.39 is 0 Å². The van der Waals surface area contributed by atoms with Gasteiger partial charge in [-0.1, -0.05) is 35.3 Å². The fraction of sp³-hybridized carbons (Fsp3) is 0.143. The number of nitrogens with two attached hydrogens (primary N) is 1. The number of ether oxygens (including phenoxy) is 1. The van der Waals surface area contributed by atoms with E-state index in [2.05, 4.69) is 4.98 Å². The Balaban J connectivity index is 0.00000225. The molecular weight excluding hydrogens is 468 g/mol. The number of aromatic nitrogens is 1. The minimum absolute atomic E-state index is 0. The van der Waals surface area contributed by atoms with Crippen molar-refractivity contribution in [1.82, 2.24) is 4.98 Å². The van der Waals surface area contributed by atoms with Gasteiger partial charge < -0.3 is 15.4 Å². The Hall–Kier alpha value is -2.02. The highest BCUT2D eigenvalue weighted by atomic mass is 35.5. The van der Waals surface area contributed by atoms with E-state index in [9.17, 15) is 4.79 Å². The molecule has 0 atom stereocenters. The van der Waals surface area contributed by atoms with Crippen molar-refractivity contribution in [2.45, 2.75) is 6.61 Å². The van der Waals surface area contributed by atoms with E-state index >= 15 is 0 Å². The Bertz CT molecular complexity index is 938. The van der Waals surface area contributed by atoms with Gasteiger partial charge in [0.25, 0.3) is 5.91 Å². The molecule has 0 fully saturated rings. The maximum Gasteiger partial charge on any atom is 0.261 e. The van der Waals surface area contributed by atoms with Crippen molar-refractivity contribution in [3.63, 3.8) is 0 Å². The van der Waals surface area contributed by atoms with E-state index in [-0.39, 0.29) is 35.9 Å². The van der Waals surface area contributed by atoms with Crippen molar-refractivity contribution in [2.75, 3.05) is 18.0 Å². The maximum atomic E-state index is 12.9. The number of hydrogen-bond donors (Lipinski definition) is 1. The number of halogens is 4. The molecule has 5 nitrogen and oxygen atoms in total. The summed E-state index contributed by atoms with van der Waals surface area (Å²) in [5.41, 5.74) is 7.75. The van der Waals surface area contributed by atoms with Crippen molar-refractivity contribution in [3.8, 4) is 5.75 Å². The van der Waals surface area contributed by atoms with Gasteiger partial charge in [-0.2, -0.15) is 0 Å². The van der Waals surface area contributed by atoms with E-state index in [1.165, 1.54) is 0 Å². The monoisotopic (exact) mass is 487 g/mol. The van der Waals surface area contributed by atoms with Crippen molar-refractivity contribution >= 4 is 59.6 Å². The molecule has 3 rings (SSSR count). The maximum absolute atomic E-state index is 12.9. The van der Waals surface area contributed by atoms with Crippen LogP contribution >= 0.6 is 48.0 Å². The molecule has 30 heavy (non-hydrogen) atoms. The third-order valence-corrected chi connectivity index (χ3v) is 4.61. The summed E-state index contributed by atoms with van der Waals surface area (Å²) < 4.78 is 5.79. The molecular formula is C21H21Cl4N3O2. The molecule has 0 aliphatic rings. The summed E-state index contributed by atoms with van der Waals surface area (Å²) in [5, 5.41) is 0.851. The number of pyridine rings is 1. The van der Waals surface area contributed by atoms with Crippen LogP contribution in [-0.4, -0.2) is 24.0 Å². The molecule has 2 aromatic carbocycles. The molecule has 1 amide bonds. The third-order valence-electron chi connectivity index (χ3n) is 4.05. The molecule has 1 aromatic heterocycles. The molecule has 0 spiro atoms. The standard InChI is InChI=1S/C21H19Cl2N3O2.2ClH/c22-16-5-3-15(4-6-16)14-28-18-9-7-17(8-10-18)26(13-11-24)21(27)19-2-1-12-25-20(19)23;;/h1-10,12H,11,13-14,24H2;2*1H. The molecule has 0 bridgehead atoms. The van der Waals surface area contributed by atoms with E-state index in [0.29, 0.717) is 41.7 Å². The van der Waals surface area contributed by atoms with Gasteiger partial charge in [-0.25, -0.2) is 4.98 Å². The fourth-order valence-electron chi connectivity index (χ4n) is 2.64. The second-order valence-electron chi connectivity index (χ2n) is 6.00. The van der Waals surface area contributed by atoms with Crippen molar-refractivity contribution < 1.29 is 9.53 Å². The van der Waals surface area contributed by atoms with Gasteiger partial charge in [0.2, 0.25) is 0 Å². The number of carbonyl (C=O) groups excluding carboxylic acids is 1. The van der Waals surface area contributed by atoms with E-state index in [1.54, 1.807) is 23.2 Å². The second kappa shape index (κ2) is 12.6. The molecule has 2 N–H and O–H groups in total. The van der Waals surface area contributed by atoms with Crippen LogP contribution in [0.5, 0.6) is 5.75 Å². The highest BCUT2D eigenvalue weighted by Gasteiger charge is 2.20. The molecule has 0 aliphatic heterocycles. The predicted molar refractivity (Wildman–Crippen MR) is 127 cm³/mol. The van der Waals surface area contributed by atoms with Gasteiger partial charge in [0.05, 0.1) is 5.56 Å². The Kier molecular flexibility index (Phi) is 10.9. The topological polar surface area (TPSA) is 68.5 Å². The van der Waals surface area contributed by atoms with Gasteiger partial charge in [-0.15, -0.1) is 24.8 Å². The molecule has 0 saturated carbocycles. The Labute approximate surface area is 198 Å². The molecule has 9 heteroatoms. The number of amides is 1. The van der Waals surface area contributed by atoms with Crippen LogP contribution < -0.4 is 15.4 Å².